The number of hydrogen-bond acceptors (Lipinski definition) is 2. The van der Waals surface area contributed by atoms with E-state index in [1.807, 2.05) is 0 Å². The Balaban J connectivity index is 2.81. The van der Waals surface area contributed by atoms with E-state index in [2.05, 4.69) is 16.8 Å². The molecule has 0 aliphatic rings. The normalized spacial score (nSPS) is 9.15. The first-order valence-electron chi connectivity index (χ1n) is 3.65. The van der Waals surface area contributed by atoms with E-state index in [4.69, 9.17) is 16.7 Å². The molecule has 0 saturated carbocycles. The van der Waals surface area contributed by atoms with Crippen LogP contribution in [-0.2, 0) is 0 Å². The SMILES string of the molecule is OCCC#Cc1cnc(Cl)c(F)c1. The van der Waals surface area contributed by atoms with Crippen molar-refractivity contribution in [2.45, 2.75) is 6.42 Å². The molecule has 1 heterocycles. The topological polar surface area (TPSA) is 33.1 Å². The maximum Gasteiger partial charge on any atom is 0.164 e. The van der Waals surface area contributed by atoms with Crippen molar-refractivity contribution in [3.05, 3.63) is 28.8 Å². The summed E-state index contributed by atoms with van der Waals surface area (Å²) in [5, 5.41) is 8.27. The van der Waals surface area contributed by atoms with Crippen LogP contribution in [0, 0.1) is 17.7 Å². The molecule has 0 spiro atoms. The third-order valence-electron chi connectivity index (χ3n) is 1.27. The van der Waals surface area contributed by atoms with E-state index < -0.39 is 5.82 Å². The largest absolute Gasteiger partial charge is 0.395 e. The Morgan fingerprint density at radius 3 is 3.00 bits per heavy atom. The first-order chi connectivity index (χ1) is 6.24. The fourth-order valence-electron chi connectivity index (χ4n) is 0.710. The smallest absolute Gasteiger partial charge is 0.164 e. The van der Waals surface area contributed by atoms with E-state index in [1.54, 1.807) is 0 Å². The second kappa shape index (κ2) is 4.80. The molecule has 2 nitrogen and oxygen atoms in total. The van der Waals surface area contributed by atoms with Gasteiger partial charge in [0.2, 0.25) is 0 Å². The van der Waals surface area contributed by atoms with Gasteiger partial charge in [-0.05, 0) is 6.07 Å². The van der Waals surface area contributed by atoms with Crippen molar-refractivity contribution in [3.63, 3.8) is 0 Å². The molecule has 0 radical (unpaired) electrons. The van der Waals surface area contributed by atoms with Crippen molar-refractivity contribution in [2.24, 2.45) is 0 Å². The lowest BCUT2D eigenvalue weighted by atomic mass is 10.3. The third kappa shape index (κ3) is 3.02. The van der Waals surface area contributed by atoms with Gasteiger partial charge in [-0.1, -0.05) is 23.4 Å². The second-order valence-electron chi connectivity index (χ2n) is 2.27. The van der Waals surface area contributed by atoms with Gasteiger partial charge < -0.3 is 5.11 Å². The maximum absolute atomic E-state index is 12.8. The van der Waals surface area contributed by atoms with E-state index in [0.29, 0.717) is 12.0 Å². The average Bonchev–Trinajstić information content (AvgIpc) is 2.12. The average molecular weight is 200 g/mol. The number of hydrogen-bond donors (Lipinski definition) is 1. The molecule has 4 heteroatoms. The first kappa shape index (κ1) is 9.97. The van der Waals surface area contributed by atoms with Crippen LogP contribution in [0.4, 0.5) is 4.39 Å². The summed E-state index contributed by atoms with van der Waals surface area (Å²) in [6.45, 7) is -0.00347. The van der Waals surface area contributed by atoms with Crippen LogP contribution in [0.3, 0.4) is 0 Å². The van der Waals surface area contributed by atoms with Crippen LogP contribution in [-0.4, -0.2) is 16.7 Å². The molecule has 0 atom stereocenters. The molecule has 68 valence electrons. The van der Waals surface area contributed by atoms with Gasteiger partial charge in [-0.25, -0.2) is 9.37 Å². The van der Waals surface area contributed by atoms with Gasteiger partial charge in [-0.15, -0.1) is 0 Å². The lowest BCUT2D eigenvalue weighted by Crippen LogP contribution is -1.85. The number of rotatable bonds is 1. The molecular formula is C9H7ClFNO. The summed E-state index contributed by atoms with van der Waals surface area (Å²) < 4.78 is 12.8. The molecule has 0 fully saturated rings. The highest BCUT2D eigenvalue weighted by atomic mass is 35.5. The van der Waals surface area contributed by atoms with Crippen LogP contribution in [0.5, 0.6) is 0 Å². The molecule has 1 aromatic rings. The van der Waals surface area contributed by atoms with Gasteiger partial charge in [0.15, 0.2) is 11.0 Å². The van der Waals surface area contributed by atoms with Gasteiger partial charge >= 0.3 is 0 Å². The Hall–Kier alpha value is -1.11. The van der Waals surface area contributed by atoms with Crippen molar-refractivity contribution < 1.29 is 9.50 Å². The number of pyridine rings is 1. The van der Waals surface area contributed by atoms with Crippen LogP contribution in [0.25, 0.3) is 0 Å². The Bertz CT molecular complexity index is 356. The summed E-state index contributed by atoms with van der Waals surface area (Å²) in [6, 6.07) is 1.21. The number of nitrogens with zero attached hydrogens (tertiary/aromatic N) is 1. The maximum atomic E-state index is 12.8. The molecule has 0 aliphatic carbocycles. The van der Waals surface area contributed by atoms with Crippen molar-refractivity contribution in [1.29, 1.82) is 0 Å². The predicted molar refractivity (Wildman–Crippen MR) is 47.8 cm³/mol. The van der Waals surface area contributed by atoms with Gasteiger partial charge in [0, 0.05) is 18.2 Å². The summed E-state index contributed by atoms with van der Waals surface area (Å²) in [7, 11) is 0. The van der Waals surface area contributed by atoms with E-state index in [0.717, 1.165) is 0 Å². The highest BCUT2D eigenvalue weighted by Crippen LogP contribution is 2.10. The van der Waals surface area contributed by atoms with E-state index in [-0.39, 0.29) is 11.8 Å². The number of halogens is 2. The molecule has 1 aromatic heterocycles. The molecule has 0 unspecified atom stereocenters. The fourth-order valence-corrected chi connectivity index (χ4v) is 0.813. The summed E-state index contributed by atoms with van der Waals surface area (Å²) in [4.78, 5) is 3.58. The van der Waals surface area contributed by atoms with Gasteiger partial charge in [-0.2, -0.15) is 0 Å². The predicted octanol–water partition coefficient (Wildman–Crippen LogP) is 1.61. The lowest BCUT2D eigenvalue weighted by molar-refractivity contribution is 0.305. The Labute approximate surface area is 80.4 Å². The molecule has 0 aliphatic heterocycles. The standard InChI is InChI=1S/C9H7ClFNO/c10-9-8(11)5-7(6-12-9)3-1-2-4-13/h5-6,13H,2,4H2. The molecule has 0 amide bonds. The number of aromatic nitrogens is 1. The Morgan fingerprint density at radius 1 is 1.62 bits per heavy atom. The summed E-state index contributed by atoms with van der Waals surface area (Å²) >= 11 is 5.37. The zero-order chi connectivity index (χ0) is 9.68. The molecule has 13 heavy (non-hydrogen) atoms. The van der Waals surface area contributed by atoms with Crippen LogP contribution >= 0.6 is 11.6 Å². The monoisotopic (exact) mass is 199 g/mol. The minimum Gasteiger partial charge on any atom is -0.395 e. The molecule has 1 N–H and O–H groups in total. The molecule has 0 bridgehead atoms. The van der Waals surface area contributed by atoms with Crippen molar-refractivity contribution >= 4 is 11.6 Å². The van der Waals surface area contributed by atoms with Crippen LogP contribution in [0.1, 0.15) is 12.0 Å². The Kier molecular flexibility index (Phi) is 3.69. The highest BCUT2D eigenvalue weighted by molar-refractivity contribution is 6.29. The van der Waals surface area contributed by atoms with Gasteiger partial charge in [0.1, 0.15) is 0 Å². The minimum atomic E-state index is -0.586. The Morgan fingerprint density at radius 2 is 2.38 bits per heavy atom. The fraction of sp³-hybridized carbons (Fsp3) is 0.222. The highest BCUT2D eigenvalue weighted by Gasteiger charge is 1.99. The third-order valence-corrected chi connectivity index (χ3v) is 1.54. The molecule has 1 rings (SSSR count). The molecule has 0 saturated heterocycles. The molecule has 0 aromatic carbocycles. The zero-order valence-electron chi connectivity index (χ0n) is 6.72. The quantitative estimate of drug-likeness (QED) is 0.551. The van der Waals surface area contributed by atoms with Crippen LogP contribution < -0.4 is 0 Å². The van der Waals surface area contributed by atoms with E-state index in [9.17, 15) is 4.39 Å². The number of aliphatic hydroxyl groups excluding tert-OH is 1. The lowest BCUT2D eigenvalue weighted by Gasteiger charge is -1.92. The summed E-state index contributed by atoms with van der Waals surface area (Å²) in [5.41, 5.74) is 0.454. The van der Waals surface area contributed by atoms with Crippen LogP contribution in [0.2, 0.25) is 5.15 Å². The minimum absolute atomic E-state index is 0.00347. The van der Waals surface area contributed by atoms with Gasteiger partial charge in [0.05, 0.1) is 6.61 Å². The number of aliphatic hydroxyl groups is 1. The van der Waals surface area contributed by atoms with Crippen molar-refractivity contribution in [1.82, 2.24) is 4.98 Å². The van der Waals surface area contributed by atoms with E-state index >= 15 is 0 Å². The second-order valence-corrected chi connectivity index (χ2v) is 2.63. The zero-order valence-corrected chi connectivity index (χ0v) is 7.48. The van der Waals surface area contributed by atoms with Crippen molar-refractivity contribution in [2.75, 3.05) is 6.61 Å². The summed E-state index contributed by atoms with van der Waals surface area (Å²) in [5.74, 6) is 4.71. The molecular weight excluding hydrogens is 193 g/mol. The first-order valence-corrected chi connectivity index (χ1v) is 4.02. The summed E-state index contributed by atoms with van der Waals surface area (Å²) in [6.07, 6.45) is 1.75. The van der Waals surface area contributed by atoms with Gasteiger partial charge in [0.25, 0.3) is 0 Å². The van der Waals surface area contributed by atoms with Crippen molar-refractivity contribution in [3.8, 4) is 11.8 Å². The van der Waals surface area contributed by atoms with Crippen LogP contribution in [0.15, 0.2) is 12.3 Å². The van der Waals surface area contributed by atoms with Gasteiger partial charge in [-0.3, -0.25) is 0 Å². The van der Waals surface area contributed by atoms with E-state index in [1.165, 1.54) is 12.3 Å².